The Morgan fingerprint density at radius 2 is 1.95 bits per heavy atom. The maximum atomic E-state index is 12.5. The zero-order chi connectivity index (χ0) is 14.9. The average Bonchev–Trinajstić information content (AvgIpc) is 2.52. The number of benzene rings is 1. The van der Waals surface area contributed by atoms with Crippen molar-refractivity contribution in [2.45, 2.75) is 52.4 Å². The molecule has 1 saturated carbocycles. The minimum Gasteiger partial charge on any atom is -0.337 e. The lowest BCUT2D eigenvalue weighted by Crippen LogP contribution is -2.59. The van der Waals surface area contributed by atoms with Gasteiger partial charge in [0, 0.05) is 24.1 Å². The zero-order valence-corrected chi connectivity index (χ0v) is 13.4. The van der Waals surface area contributed by atoms with Crippen molar-refractivity contribution in [2.75, 3.05) is 13.1 Å². The molecule has 1 atom stereocenters. The van der Waals surface area contributed by atoms with Crippen LogP contribution in [0.4, 0.5) is 0 Å². The second kappa shape index (κ2) is 5.82. The predicted molar refractivity (Wildman–Crippen MR) is 86.4 cm³/mol. The third-order valence-corrected chi connectivity index (χ3v) is 5.57. The first-order chi connectivity index (χ1) is 10.2. The van der Waals surface area contributed by atoms with E-state index in [1.807, 2.05) is 12.1 Å². The summed E-state index contributed by atoms with van der Waals surface area (Å²) in [5.74, 6) is 1.11. The maximum Gasteiger partial charge on any atom is 0.253 e. The van der Waals surface area contributed by atoms with Crippen molar-refractivity contribution in [3.8, 4) is 0 Å². The van der Waals surface area contributed by atoms with Crippen LogP contribution in [0, 0.1) is 11.3 Å². The number of amides is 1. The summed E-state index contributed by atoms with van der Waals surface area (Å²) in [6, 6.07) is 8.14. The second-order valence-electron chi connectivity index (χ2n) is 7.08. The summed E-state index contributed by atoms with van der Waals surface area (Å²) in [6.07, 6.45) is 7.73. The van der Waals surface area contributed by atoms with E-state index in [1.54, 1.807) is 0 Å². The Balaban J connectivity index is 1.61. The highest BCUT2D eigenvalue weighted by Crippen LogP contribution is 2.47. The van der Waals surface area contributed by atoms with Crippen LogP contribution < -0.4 is 0 Å². The van der Waals surface area contributed by atoms with Gasteiger partial charge in [0.05, 0.1) is 0 Å². The number of aryl methyl sites for hydroxylation is 1. The number of rotatable bonds is 3. The highest BCUT2D eigenvalue weighted by Gasteiger charge is 2.47. The fraction of sp³-hybridized carbons (Fsp3) is 0.632. The average molecular weight is 285 g/mol. The Bertz CT molecular complexity index is 499. The molecule has 3 rings (SSSR count). The molecule has 114 valence electrons. The molecule has 0 radical (unpaired) electrons. The van der Waals surface area contributed by atoms with E-state index in [1.165, 1.54) is 37.7 Å². The van der Waals surface area contributed by atoms with Gasteiger partial charge in [-0.05, 0) is 42.9 Å². The standard InChI is InChI=1S/C19H27NO/c1-3-15-7-9-17(10-8-15)18(21)20-13-19(14-20)11-5-6-16(4-2)12-19/h7-10,16H,3-6,11-14H2,1-2H3. The lowest BCUT2D eigenvalue weighted by molar-refractivity contribution is -0.0296. The molecule has 1 saturated heterocycles. The Labute approximate surface area is 128 Å². The Hall–Kier alpha value is -1.31. The van der Waals surface area contributed by atoms with Crippen LogP contribution in [0.25, 0.3) is 0 Å². The van der Waals surface area contributed by atoms with E-state index in [0.29, 0.717) is 5.41 Å². The predicted octanol–water partition coefficient (Wildman–Crippen LogP) is 4.29. The summed E-state index contributed by atoms with van der Waals surface area (Å²) in [5, 5.41) is 0. The summed E-state index contributed by atoms with van der Waals surface area (Å²) in [5.41, 5.74) is 2.60. The van der Waals surface area contributed by atoms with E-state index in [0.717, 1.165) is 31.0 Å². The smallest absolute Gasteiger partial charge is 0.253 e. The summed E-state index contributed by atoms with van der Waals surface area (Å²) in [7, 11) is 0. The zero-order valence-electron chi connectivity index (χ0n) is 13.4. The molecule has 1 amide bonds. The first-order valence-electron chi connectivity index (χ1n) is 8.54. The van der Waals surface area contributed by atoms with Crippen LogP contribution in [0.15, 0.2) is 24.3 Å². The highest BCUT2D eigenvalue weighted by molar-refractivity contribution is 5.94. The molecule has 1 aromatic carbocycles. The van der Waals surface area contributed by atoms with Crippen LogP contribution in [0.2, 0.25) is 0 Å². The molecular weight excluding hydrogens is 258 g/mol. The fourth-order valence-corrected chi connectivity index (χ4v) is 4.19. The first-order valence-corrected chi connectivity index (χ1v) is 8.54. The van der Waals surface area contributed by atoms with E-state index >= 15 is 0 Å². The van der Waals surface area contributed by atoms with Crippen LogP contribution in [-0.2, 0) is 6.42 Å². The van der Waals surface area contributed by atoms with E-state index in [4.69, 9.17) is 0 Å². The van der Waals surface area contributed by atoms with Gasteiger partial charge < -0.3 is 4.90 Å². The van der Waals surface area contributed by atoms with Gasteiger partial charge in [-0.25, -0.2) is 0 Å². The normalized spacial score (nSPS) is 23.9. The van der Waals surface area contributed by atoms with Crippen molar-refractivity contribution < 1.29 is 4.79 Å². The summed E-state index contributed by atoms with van der Waals surface area (Å²) in [4.78, 5) is 14.6. The molecule has 1 aliphatic carbocycles. The van der Waals surface area contributed by atoms with Gasteiger partial charge in [-0.3, -0.25) is 4.79 Å². The molecule has 2 aliphatic rings. The minimum atomic E-state index is 0.224. The molecule has 0 bridgehead atoms. The molecule has 1 unspecified atom stereocenters. The van der Waals surface area contributed by atoms with Crippen LogP contribution in [0.5, 0.6) is 0 Å². The Kier molecular flexibility index (Phi) is 4.05. The van der Waals surface area contributed by atoms with Crippen molar-refractivity contribution in [1.29, 1.82) is 0 Å². The van der Waals surface area contributed by atoms with Gasteiger partial charge in [0.1, 0.15) is 0 Å². The third kappa shape index (κ3) is 2.86. The Morgan fingerprint density at radius 3 is 2.57 bits per heavy atom. The number of nitrogens with zero attached hydrogens (tertiary/aromatic N) is 1. The van der Waals surface area contributed by atoms with Gasteiger partial charge in [0.25, 0.3) is 5.91 Å². The van der Waals surface area contributed by atoms with Gasteiger partial charge in [0.2, 0.25) is 0 Å². The quantitative estimate of drug-likeness (QED) is 0.811. The lowest BCUT2D eigenvalue weighted by Gasteiger charge is -2.54. The van der Waals surface area contributed by atoms with E-state index < -0.39 is 0 Å². The number of hydrogen-bond donors (Lipinski definition) is 0. The van der Waals surface area contributed by atoms with Gasteiger partial charge >= 0.3 is 0 Å². The fourth-order valence-electron chi connectivity index (χ4n) is 4.19. The molecule has 2 heteroatoms. The Morgan fingerprint density at radius 1 is 1.24 bits per heavy atom. The van der Waals surface area contributed by atoms with Crippen LogP contribution in [-0.4, -0.2) is 23.9 Å². The first kappa shape index (κ1) is 14.6. The molecule has 2 fully saturated rings. The maximum absolute atomic E-state index is 12.5. The molecule has 1 spiro atoms. The van der Waals surface area contributed by atoms with Crippen molar-refractivity contribution in [3.63, 3.8) is 0 Å². The van der Waals surface area contributed by atoms with Gasteiger partial charge in [-0.2, -0.15) is 0 Å². The SMILES string of the molecule is CCc1ccc(C(=O)N2CC3(CCCC(CC)C3)C2)cc1. The van der Waals surface area contributed by atoms with Gasteiger partial charge in [-0.15, -0.1) is 0 Å². The number of carbonyl (C=O) groups is 1. The van der Waals surface area contributed by atoms with Crippen molar-refractivity contribution >= 4 is 5.91 Å². The van der Waals surface area contributed by atoms with Crippen LogP contribution >= 0.6 is 0 Å². The summed E-state index contributed by atoms with van der Waals surface area (Å²) in [6.45, 7) is 6.42. The van der Waals surface area contributed by atoms with Crippen LogP contribution in [0.1, 0.15) is 61.9 Å². The topological polar surface area (TPSA) is 20.3 Å². The monoisotopic (exact) mass is 285 g/mol. The minimum absolute atomic E-state index is 0.224. The number of hydrogen-bond acceptors (Lipinski definition) is 1. The summed E-state index contributed by atoms with van der Waals surface area (Å²) >= 11 is 0. The lowest BCUT2D eigenvalue weighted by atomic mass is 9.64. The molecule has 0 aromatic heterocycles. The molecule has 1 heterocycles. The van der Waals surface area contributed by atoms with Crippen molar-refractivity contribution in [2.24, 2.45) is 11.3 Å². The number of carbonyl (C=O) groups excluding carboxylic acids is 1. The second-order valence-corrected chi connectivity index (χ2v) is 7.08. The molecule has 0 N–H and O–H groups in total. The third-order valence-electron chi connectivity index (χ3n) is 5.57. The van der Waals surface area contributed by atoms with E-state index in [-0.39, 0.29) is 5.91 Å². The van der Waals surface area contributed by atoms with Gasteiger partial charge in [-0.1, -0.05) is 45.2 Å². The highest BCUT2D eigenvalue weighted by atomic mass is 16.2. The van der Waals surface area contributed by atoms with Crippen molar-refractivity contribution in [3.05, 3.63) is 35.4 Å². The molecule has 21 heavy (non-hydrogen) atoms. The summed E-state index contributed by atoms with van der Waals surface area (Å²) < 4.78 is 0. The molecular formula is C19H27NO. The van der Waals surface area contributed by atoms with Gasteiger partial charge in [0.15, 0.2) is 0 Å². The van der Waals surface area contributed by atoms with Crippen molar-refractivity contribution in [1.82, 2.24) is 4.90 Å². The largest absolute Gasteiger partial charge is 0.337 e. The number of likely N-dealkylation sites (tertiary alicyclic amines) is 1. The van der Waals surface area contributed by atoms with E-state index in [2.05, 4.69) is 30.9 Å². The van der Waals surface area contributed by atoms with Crippen LogP contribution in [0.3, 0.4) is 0 Å². The molecule has 1 aromatic rings. The molecule has 1 aliphatic heterocycles. The molecule has 2 nitrogen and oxygen atoms in total. The van der Waals surface area contributed by atoms with E-state index in [9.17, 15) is 4.79 Å².